The van der Waals surface area contributed by atoms with E-state index in [0.29, 0.717) is 17.2 Å². The lowest BCUT2D eigenvalue weighted by Crippen LogP contribution is -2.48. The first-order valence-electron chi connectivity index (χ1n) is 7.93. The molecule has 1 fully saturated rings. The molecule has 5 nitrogen and oxygen atoms in total. The topological polar surface area (TPSA) is 81.4 Å². The smallest absolute Gasteiger partial charge is 0.240 e. The van der Waals surface area contributed by atoms with Crippen LogP contribution in [0.2, 0.25) is 5.02 Å². The fourth-order valence-corrected chi connectivity index (χ4v) is 3.23. The molecule has 0 heterocycles. The van der Waals surface area contributed by atoms with Gasteiger partial charge >= 0.3 is 0 Å². The highest BCUT2D eigenvalue weighted by Gasteiger charge is 2.25. The van der Waals surface area contributed by atoms with Crippen molar-refractivity contribution in [2.75, 3.05) is 7.11 Å². The molecule has 6 heteroatoms. The van der Waals surface area contributed by atoms with E-state index in [4.69, 9.17) is 22.1 Å². The van der Waals surface area contributed by atoms with E-state index in [1.165, 1.54) is 13.5 Å². The van der Waals surface area contributed by atoms with E-state index in [2.05, 4.69) is 5.32 Å². The Hall–Kier alpha value is -1.75. The van der Waals surface area contributed by atoms with Crippen LogP contribution >= 0.6 is 11.6 Å². The third kappa shape index (κ3) is 4.86. The Kier molecular flexibility index (Phi) is 6.28. The molecule has 2 amide bonds. The summed E-state index contributed by atoms with van der Waals surface area (Å²) in [6.07, 6.45) is 5.38. The Morgan fingerprint density at radius 1 is 1.35 bits per heavy atom. The molecule has 126 valence electrons. The highest BCUT2D eigenvalue weighted by atomic mass is 35.5. The SMILES string of the molecule is COc1ccc(C[C@@H](NC(=O)C2CCCCC2)C(N)=O)cc1Cl. The summed E-state index contributed by atoms with van der Waals surface area (Å²) in [7, 11) is 1.54. The van der Waals surface area contributed by atoms with Crippen LogP contribution in [0.3, 0.4) is 0 Å². The number of primary amides is 1. The summed E-state index contributed by atoms with van der Waals surface area (Å²) >= 11 is 6.09. The van der Waals surface area contributed by atoms with E-state index in [-0.39, 0.29) is 11.8 Å². The number of hydrogen-bond donors (Lipinski definition) is 2. The number of benzene rings is 1. The molecule has 1 saturated carbocycles. The predicted molar refractivity (Wildman–Crippen MR) is 89.4 cm³/mol. The van der Waals surface area contributed by atoms with Crippen LogP contribution in [-0.4, -0.2) is 25.0 Å². The quantitative estimate of drug-likeness (QED) is 0.835. The summed E-state index contributed by atoms with van der Waals surface area (Å²) in [4.78, 5) is 24.0. The maximum Gasteiger partial charge on any atom is 0.240 e. The monoisotopic (exact) mass is 338 g/mol. The highest BCUT2D eigenvalue weighted by molar-refractivity contribution is 6.32. The summed E-state index contributed by atoms with van der Waals surface area (Å²) < 4.78 is 5.10. The van der Waals surface area contributed by atoms with Crippen molar-refractivity contribution in [3.8, 4) is 5.75 Å². The maximum atomic E-state index is 12.3. The van der Waals surface area contributed by atoms with E-state index in [0.717, 1.165) is 31.2 Å². The highest BCUT2D eigenvalue weighted by Crippen LogP contribution is 2.26. The number of hydrogen-bond acceptors (Lipinski definition) is 3. The van der Waals surface area contributed by atoms with E-state index in [9.17, 15) is 9.59 Å². The molecule has 0 aliphatic heterocycles. The van der Waals surface area contributed by atoms with Crippen molar-refractivity contribution in [3.05, 3.63) is 28.8 Å². The van der Waals surface area contributed by atoms with Gasteiger partial charge in [0.05, 0.1) is 12.1 Å². The molecule has 0 unspecified atom stereocenters. The number of carbonyl (C=O) groups excluding carboxylic acids is 2. The van der Waals surface area contributed by atoms with Gasteiger partial charge in [-0.15, -0.1) is 0 Å². The van der Waals surface area contributed by atoms with Gasteiger partial charge in [-0.2, -0.15) is 0 Å². The summed E-state index contributed by atoms with van der Waals surface area (Å²) in [5, 5.41) is 3.26. The van der Waals surface area contributed by atoms with Gasteiger partial charge < -0.3 is 15.8 Å². The second-order valence-corrected chi connectivity index (χ2v) is 6.38. The van der Waals surface area contributed by atoms with Crippen molar-refractivity contribution in [3.63, 3.8) is 0 Å². The van der Waals surface area contributed by atoms with Crippen LogP contribution in [-0.2, 0) is 16.0 Å². The Bertz CT molecular complexity index is 571. The maximum absolute atomic E-state index is 12.3. The fourth-order valence-electron chi connectivity index (χ4n) is 2.95. The molecule has 0 bridgehead atoms. The van der Waals surface area contributed by atoms with Gasteiger partial charge in [-0.1, -0.05) is 36.9 Å². The van der Waals surface area contributed by atoms with Crippen LogP contribution in [0, 0.1) is 5.92 Å². The number of carbonyl (C=O) groups is 2. The molecule has 1 aromatic carbocycles. The molecule has 0 spiro atoms. The van der Waals surface area contributed by atoms with E-state index in [1.807, 2.05) is 6.07 Å². The van der Waals surface area contributed by atoms with Crippen molar-refractivity contribution < 1.29 is 14.3 Å². The molecular formula is C17H23ClN2O3. The van der Waals surface area contributed by atoms with Gasteiger partial charge in [0.1, 0.15) is 11.8 Å². The zero-order valence-corrected chi connectivity index (χ0v) is 14.1. The number of nitrogens with two attached hydrogens (primary N) is 1. The number of ether oxygens (including phenoxy) is 1. The van der Waals surface area contributed by atoms with Crippen molar-refractivity contribution in [2.24, 2.45) is 11.7 Å². The predicted octanol–water partition coefficient (Wildman–Crippen LogP) is 2.44. The normalized spacial score (nSPS) is 16.6. The fraction of sp³-hybridized carbons (Fsp3) is 0.529. The molecule has 0 aromatic heterocycles. The lowest BCUT2D eigenvalue weighted by atomic mass is 9.88. The molecule has 2 rings (SSSR count). The zero-order chi connectivity index (χ0) is 16.8. The largest absolute Gasteiger partial charge is 0.495 e. The van der Waals surface area contributed by atoms with Gasteiger partial charge in [-0.25, -0.2) is 0 Å². The van der Waals surface area contributed by atoms with Crippen molar-refractivity contribution in [1.29, 1.82) is 0 Å². The number of methoxy groups -OCH3 is 1. The lowest BCUT2D eigenvalue weighted by Gasteiger charge is -2.23. The standard InChI is InChI=1S/C17H23ClN2O3/c1-23-15-8-7-11(9-13(15)18)10-14(16(19)21)20-17(22)12-5-3-2-4-6-12/h7-9,12,14H,2-6,10H2,1H3,(H2,19,21)(H,20,22)/t14-/m1/s1. The number of halogens is 1. The van der Waals surface area contributed by atoms with Gasteiger partial charge in [0.25, 0.3) is 0 Å². The Morgan fingerprint density at radius 3 is 2.61 bits per heavy atom. The van der Waals surface area contributed by atoms with Gasteiger partial charge in [0.15, 0.2) is 0 Å². The minimum absolute atomic E-state index is 0.00921. The van der Waals surface area contributed by atoms with Crippen LogP contribution in [0.25, 0.3) is 0 Å². The summed E-state index contributed by atoms with van der Waals surface area (Å²) in [6.45, 7) is 0. The lowest BCUT2D eigenvalue weighted by molar-refractivity contribution is -0.130. The van der Waals surface area contributed by atoms with Gasteiger partial charge in [0.2, 0.25) is 11.8 Å². The third-order valence-corrected chi connectivity index (χ3v) is 4.59. The van der Waals surface area contributed by atoms with Crippen LogP contribution in [0.15, 0.2) is 18.2 Å². The van der Waals surface area contributed by atoms with Crippen molar-refractivity contribution in [2.45, 2.75) is 44.6 Å². The average Bonchev–Trinajstić information content (AvgIpc) is 2.55. The Morgan fingerprint density at radius 2 is 2.04 bits per heavy atom. The minimum atomic E-state index is -0.728. The van der Waals surface area contributed by atoms with Gasteiger partial charge in [-0.05, 0) is 30.5 Å². The first-order chi connectivity index (χ1) is 11.0. The number of nitrogens with one attached hydrogen (secondary N) is 1. The molecule has 23 heavy (non-hydrogen) atoms. The number of rotatable bonds is 6. The summed E-state index contributed by atoms with van der Waals surface area (Å²) in [6, 6.07) is 4.55. The van der Waals surface area contributed by atoms with Crippen LogP contribution in [0.4, 0.5) is 0 Å². The summed E-state index contributed by atoms with van der Waals surface area (Å²) in [5.74, 6) is -0.0588. The van der Waals surface area contributed by atoms with Gasteiger partial charge in [-0.3, -0.25) is 9.59 Å². The first kappa shape index (κ1) is 17.6. The second kappa shape index (κ2) is 8.20. The molecule has 1 atom stereocenters. The van der Waals surface area contributed by atoms with E-state index >= 15 is 0 Å². The molecule has 0 saturated heterocycles. The van der Waals surface area contributed by atoms with E-state index in [1.54, 1.807) is 12.1 Å². The van der Waals surface area contributed by atoms with Crippen LogP contribution in [0.5, 0.6) is 5.75 Å². The summed E-state index contributed by atoms with van der Waals surface area (Å²) in [5.41, 5.74) is 6.27. The van der Waals surface area contributed by atoms with E-state index < -0.39 is 11.9 Å². The third-order valence-electron chi connectivity index (χ3n) is 4.29. The molecular weight excluding hydrogens is 316 g/mol. The van der Waals surface area contributed by atoms with Crippen LogP contribution < -0.4 is 15.8 Å². The first-order valence-corrected chi connectivity index (χ1v) is 8.31. The molecule has 1 aliphatic carbocycles. The molecule has 3 N–H and O–H groups in total. The van der Waals surface area contributed by atoms with Crippen molar-refractivity contribution >= 4 is 23.4 Å². The van der Waals surface area contributed by atoms with Crippen molar-refractivity contribution in [1.82, 2.24) is 5.32 Å². The molecule has 1 aromatic rings. The molecule has 0 radical (unpaired) electrons. The average molecular weight is 339 g/mol. The van der Waals surface area contributed by atoms with Crippen LogP contribution in [0.1, 0.15) is 37.7 Å². The second-order valence-electron chi connectivity index (χ2n) is 5.97. The number of amides is 2. The van der Waals surface area contributed by atoms with Gasteiger partial charge in [0, 0.05) is 12.3 Å². The Labute approximate surface area is 141 Å². The molecule has 1 aliphatic rings. The Balaban J connectivity index is 2.02. The zero-order valence-electron chi connectivity index (χ0n) is 13.3. The minimum Gasteiger partial charge on any atom is -0.495 e.